The molecule has 1 saturated heterocycles. The van der Waals surface area contributed by atoms with Crippen molar-refractivity contribution < 1.29 is 9.53 Å². The lowest BCUT2D eigenvalue weighted by molar-refractivity contribution is 0.0804. The van der Waals surface area contributed by atoms with E-state index in [1.165, 1.54) is 5.56 Å². The first-order valence-electron chi connectivity index (χ1n) is 8.82. The lowest BCUT2D eigenvalue weighted by Gasteiger charge is -2.22. The number of hydrogen-bond acceptors (Lipinski definition) is 4. The minimum atomic E-state index is -0.939. The van der Waals surface area contributed by atoms with Gasteiger partial charge in [-0.1, -0.05) is 36.4 Å². The lowest BCUT2D eigenvalue weighted by Crippen LogP contribution is -2.16. The maximum atomic E-state index is 12.8. The molecule has 4 rings (SSSR count). The van der Waals surface area contributed by atoms with Crippen molar-refractivity contribution in [3.63, 3.8) is 0 Å². The van der Waals surface area contributed by atoms with Gasteiger partial charge in [0.2, 0.25) is 0 Å². The summed E-state index contributed by atoms with van der Waals surface area (Å²) in [6.45, 7) is 1.56. The van der Waals surface area contributed by atoms with Crippen LogP contribution in [0.25, 0.3) is 11.0 Å². The molecule has 0 spiro atoms. The fourth-order valence-corrected chi connectivity index (χ4v) is 3.44. The van der Waals surface area contributed by atoms with Crippen LogP contribution in [0.2, 0.25) is 0 Å². The molecule has 2 aromatic carbocycles. The molecule has 0 unspecified atom stereocenters. The minimum Gasteiger partial charge on any atom is -0.381 e. The molecule has 1 aliphatic heterocycles. The van der Waals surface area contributed by atoms with Gasteiger partial charge < -0.3 is 9.72 Å². The quantitative estimate of drug-likeness (QED) is 0.726. The van der Waals surface area contributed by atoms with Crippen molar-refractivity contribution >= 4 is 16.8 Å². The van der Waals surface area contributed by atoms with Gasteiger partial charge in [-0.2, -0.15) is 5.26 Å². The van der Waals surface area contributed by atoms with Crippen LogP contribution < -0.4 is 0 Å². The Morgan fingerprint density at radius 2 is 2.04 bits per heavy atom. The second kappa shape index (κ2) is 7.11. The number of nitrogens with one attached hydrogen (secondary N) is 1. The summed E-state index contributed by atoms with van der Waals surface area (Å²) in [5.41, 5.74) is 3.28. The fraction of sp³-hybridized carbons (Fsp3) is 0.286. The Hall–Kier alpha value is -2.97. The van der Waals surface area contributed by atoms with Gasteiger partial charge in [0.05, 0.1) is 23.7 Å². The van der Waals surface area contributed by atoms with Gasteiger partial charge in [0.1, 0.15) is 5.82 Å². The highest BCUT2D eigenvalue weighted by molar-refractivity contribution is 6.02. The Morgan fingerprint density at radius 3 is 2.73 bits per heavy atom. The van der Waals surface area contributed by atoms with E-state index in [2.05, 4.69) is 16.0 Å². The normalized spacial score (nSPS) is 18.3. The second-order valence-electron chi connectivity index (χ2n) is 6.60. The molecule has 26 heavy (non-hydrogen) atoms. The number of carbonyl (C=O) groups excluding carboxylic acids is 1. The molecular formula is C21H19N3O2. The van der Waals surface area contributed by atoms with Crippen molar-refractivity contribution in [1.29, 1.82) is 5.26 Å². The number of imidazole rings is 1. The molecule has 1 fully saturated rings. The largest absolute Gasteiger partial charge is 0.381 e. The van der Waals surface area contributed by atoms with Crippen molar-refractivity contribution in [3.05, 3.63) is 65.5 Å². The number of aromatic amines is 1. The third-order valence-electron chi connectivity index (χ3n) is 4.90. The van der Waals surface area contributed by atoms with Crippen molar-refractivity contribution in [3.8, 4) is 6.07 Å². The van der Waals surface area contributed by atoms with Crippen LogP contribution in [-0.2, 0) is 4.74 Å². The molecule has 1 aromatic heterocycles. The van der Waals surface area contributed by atoms with E-state index < -0.39 is 5.92 Å². The molecule has 0 aliphatic carbocycles. The first kappa shape index (κ1) is 16.5. The van der Waals surface area contributed by atoms with E-state index in [9.17, 15) is 10.1 Å². The van der Waals surface area contributed by atoms with Crippen LogP contribution in [0.3, 0.4) is 0 Å². The van der Waals surface area contributed by atoms with Gasteiger partial charge in [-0.3, -0.25) is 4.79 Å². The third kappa shape index (κ3) is 3.12. The van der Waals surface area contributed by atoms with Crippen LogP contribution in [0.5, 0.6) is 0 Å². The summed E-state index contributed by atoms with van der Waals surface area (Å²) in [4.78, 5) is 20.3. The molecule has 0 saturated carbocycles. The van der Waals surface area contributed by atoms with Crippen LogP contribution in [-0.4, -0.2) is 29.0 Å². The highest BCUT2D eigenvalue weighted by Crippen LogP contribution is 2.27. The molecule has 0 bridgehead atoms. The summed E-state index contributed by atoms with van der Waals surface area (Å²) in [5.74, 6) is -0.400. The molecule has 130 valence electrons. The molecule has 0 radical (unpaired) electrons. The standard InChI is InChI=1S/C21H19N3O2/c22-12-17(21-23-18-5-1-2-6-19(18)24-21)20(25)15-9-7-14(8-10-15)16-4-3-11-26-13-16/h1-2,5-10,16-17H,3-4,11,13H2,(H,23,24)/t16-,17+/m1/s1. The molecule has 1 N–H and O–H groups in total. The Bertz CT molecular complexity index is 930. The molecule has 2 atom stereocenters. The number of Topliss-reactive ketones (excluding diaryl/α,β-unsaturated/α-hetero) is 1. The summed E-state index contributed by atoms with van der Waals surface area (Å²) >= 11 is 0. The van der Waals surface area contributed by atoms with Crippen molar-refractivity contribution in [1.82, 2.24) is 9.97 Å². The zero-order chi connectivity index (χ0) is 17.9. The second-order valence-corrected chi connectivity index (χ2v) is 6.60. The summed E-state index contributed by atoms with van der Waals surface area (Å²) in [6, 6.07) is 17.2. The molecule has 2 heterocycles. The number of carbonyl (C=O) groups is 1. The minimum absolute atomic E-state index is 0.238. The summed E-state index contributed by atoms with van der Waals surface area (Å²) in [6.07, 6.45) is 2.17. The average molecular weight is 345 g/mol. The number of benzene rings is 2. The number of ketones is 1. The predicted octanol–water partition coefficient (Wildman–Crippen LogP) is 3.95. The monoisotopic (exact) mass is 345 g/mol. The molecular weight excluding hydrogens is 326 g/mol. The fourth-order valence-electron chi connectivity index (χ4n) is 3.44. The SMILES string of the molecule is N#C[C@@H](C(=O)c1ccc([C@@H]2CCCOC2)cc1)c1nc2ccccc2[nH]1. The van der Waals surface area contributed by atoms with Crippen LogP contribution >= 0.6 is 0 Å². The number of hydrogen-bond donors (Lipinski definition) is 1. The van der Waals surface area contributed by atoms with Gasteiger partial charge >= 0.3 is 0 Å². The summed E-state index contributed by atoms with van der Waals surface area (Å²) < 4.78 is 5.53. The number of para-hydroxylation sites is 2. The molecule has 5 heteroatoms. The smallest absolute Gasteiger partial charge is 0.187 e. The van der Waals surface area contributed by atoms with E-state index in [1.54, 1.807) is 12.1 Å². The van der Waals surface area contributed by atoms with Gasteiger partial charge in [-0.25, -0.2) is 4.98 Å². The summed E-state index contributed by atoms with van der Waals surface area (Å²) in [7, 11) is 0. The maximum absolute atomic E-state index is 12.8. The Morgan fingerprint density at radius 1 is 1.23 bits per heavy atom. The number of nitriles is 1. The number of H-pyrrole nitrogens is 1. The van der Waals surface area contributed by atoms with Crippen LogP contribution in [0, 0.1) is 11.3 Å². The van der Waals surface area contributed by atoms with Crippen molar-refractivity contribution in [2.75, 3.05) is 13.2 Å². The van der Waals surface area contributed by atoms with Gasteiger partial charge in [-0.15, -0.1) is 0 Å². The number of fused-ring (bicyclic) bond motifs is 1. The van der Waals surface area contributed by atoms with Crippen molar-refractivity contribution in [2.24, 2.45) is 0 Å². The molecule has 0 amide bonds. The highest BCUT2D eigenvalue weighted by Gasteiger charge is 2.25. The van der Waals surface area contributed by atoms with Crippen LogP contribution in [0.4, 0.5) is 0 Å². The first-order valence-corrected chi connectivity index (χ1v) is 8.82. The van der Waals surface area contributed by atoms with Gasteiger partial charge in [-0.05, 0) is 30.5 Å². The number of rotatable bonds is 4. The maximum Gasteiger partial charge on any atom is 0.187 e. The average Bonchev–Trinajstić information content (AvgIpc) is 3.13. The van der Waals surface area contributed by atoms with E-state index in [1.807, 2.05) is 36.4 Å². The summed E-state index contributed by atoms with van der Waals surface area (Å²) in [5, 5.41) is 9.55. The topological polar surface area (TPSA) is 78.8 Å². The van der Waals surface area contributed by atoms with Crippen molar-refractivity contribution in [2.45, 2.75) is 24.7 Å². The third-order valence-corrected chi connectivity index (χ3v) is 4.90. The zero-order valence-electron chi connectivity index (χ0n) is 14.3. The number of aromatic nitrogens is 2. The number of ether oxygens (including phenoxy) is 1. The van der Waals surface area contributed by atoms with Gasteiger partial charge in [0.15, 0.2) is 11.7 Å². The molecule has 3 aromatic rings. The van der Waals surface area contributed by atoms with E-state index in [0.717, 1.165) is 37.1 Å². The number of nitrogens with zero attached hydrogens (tertiary/aromatic N) is 2. The van der Waals surface area contributed by atoms with Crippen LogP contribution in [0.1, 0.15) is 46.4 Å². The van der Waals surface area contributed by atoms with Crippen LogP contribution in [0.15, 0.2) is 48.5 Å². The van der Waals surface area contributed by atoms with E-state index in [4.69, 9.17) is 4.74 Å². The lowest BCUT2D eigenvalue weighted by atomic mass is 9.91. The van der Waals surface area contributed by atoms with Gasteiger partial charge in [0, 0.05) is 18.1 Å². The Labute approximate surface area is 151 Å². The van der Waals surface area contributed by atoms with Gasteiger partial charge in [0.25, 0.3) is 0 Å². The van der Waals surface area contributed by atoms with E-state index >= 15 is 0 Å². The molecule has 1 aliphatic rings. The Balaban J connectivity index is 1.57. The zero-order valence-corrected chi connectivity index (χ0v) is 14.3. The highest BCUT2D eigenvalue weighted by atomic mass is 16.5. The first-order chi connectivity index (χ1) is 12.8. The van der Waals surface area contributed by atoms with E-state index in [-0.39, 0.29) is 5.78 Å². The molecule has 5 nitrogen and oxygen atoms in total. The Kier molecular flexibility index (Phi) is 4.51. The van der Waals surface area contributed by atoms with E-state index in [0.29, 0.717) is 17.3 Å². The predicted molar refractivity (Wildman–Crippen MR) is 98.0 cm³/mol.